The molecule has 0 saturated carbocycles. The van der Waals surface area contributed by atoms with E-state index < -0.39 is 4.92 Å². The summed E-state index contributed by atoms with van der Waals surface area (Å²) in [6.45, 7) is 3.45. The van der Waals surface area contributed by atoms with Crippen molar-refractivity contribution in [3.05, 3.63) is 58.4 Å². The Balaban J connectivity index is 1.82. The fraction of sp³-hybridized carbons (Fsp3) is 0.200. The second kappa shape index (κ2) is 5.08. The third kappa shape index (κ3) is 2.09. The van der Waals surface area contributed by atoms with Gasteiger partial charge in [0.2, 0.25) is 0 Å². The van der Waals surface area contributed by atoms with E-state index in [2.05, 4.69) is 20.2 Å². The van der Waals surface area contributed by atoms with Crippen molar-refractivity contribution >= 4 is 22.2 Å². The lowest BCUT2D eigenvalue weighted by atomic mass is 10.2. The number of benzene rings is 1. The first kappa shape index (κ1) is 14.2. The summed E-state index contributed by atoms with van der Waals surface area (Å²) >= 11 is 0. The number of fused-ring (bicyclic) bond motifs is 3. The smallest absolute Gasteiger partial charge is 0.258 e. The molecule has 0 spiro atoms. The molecule has 24 heavy (non-hydrogen) atoms. The van der Waals surface area contributed by atoms with E-state index in [9.17, 15) is 10.1 Å². The first-order valence-electron chi connectivity index (χ1n) is 7.35. The molecule has 1 aromatic carbocycles. The Bertz CT molecular complexity index is 1080. The molecule has 0 radical (unpaired) electrons. The number of aromatic nitrogens is 6. The van der Waals surface area contributed by atoms with Crippen LogP contribution in [0, 0.1) is 17.0 Å². The van der Waals surface area contributed by atoms with E-state index in [4.69, 9.17) is 0 Å². The van der Waals surface area contributed by atoms with Crippen LogP contribution in [0.1, 0.15) is 24.5 Å². The molecule has 0 bridgehead atoms. The highest BCUT2D eigenvalue weighted by atomic mass is 16.6. The van der Waals surface area contributed by atoms with Crippen LogP contribution >= 0.6 is 0 Å². The van der Waals surface area contributed by atoms with Crippen LogP contribution in [0.15, 0.2) is 36.8 Å². The lowest BCUT2D eigenvalue weighted by Gasteiger charge is -2.06. The topological polar surface area (TPSA) is 104 Å². The molecule has 4 aromatic rings. The molecule has 0 N–H and O–H groups in total. The molecule has 0 aliphatic heterocycles. The summed E-state index contributed by atoms with van der Waals surface area (Å²) in [6.07, 6.45) is 3.01. The van der Waals surface area contributed by atoms with Gasteiger partial charge in [-0.15, -0.1) is 5.10 Å². The zero-order valence-corrected chi connectivity index (χ0v) is 13.0. The fourth-order valence-corrected chi connectivity index (χ4v) is 2.64. The van der Waals surface area contributed by atoms with E-state index in [0.717, 1.165) is 10.9 Å². The largest absolute Gasteiger partial charge is 0.309 e. The fourth-order valence-electron chi connectivity index (χ4n) is 2.64. The van der Waals surface area contributed by atoms with E-state index in [1.165, 1.54) is 10.9 Å². The van der Waals surface area contributed by atoms with Gasteiger partial charge in [0.1, 0.15) is 24.3 Å². The minimum atomic E-state index is -0.444. The monoisotopic (exact) mass is 323 g/mol. The molecule has 0 amide bonds. The van der Waals surface area contributed by atoms with Crippen molar-refractivity contribution in [1.29, 1.82) is 0 Å². The molecule has 0 fully saturated rings. The first-order valence-corrected chi connectivity index (χ1v) is 7.35. The number of aryl methyl sites for hydroxylation is 1. The van der Waals surface area contributed by atoms with Crippen molar-refractivity contribution in [3.8, 4) is 0 Å². The summed E-state index contributed by atoms with van der Waals surface area (Å²) < 4.78 is 3.12. The molecule has 3 heterocycles. The van der Waals surface area contributed by atoms with E-state index in [1.54, 1.807) is 17.8 Å². The average molecular weight is 323 g/mol. The van der Waals surface area contributed by atoms with Gasteiger partial charge in [0.15, 0.2) is 11.5 Å². The maximum absolute atomic E-state index is 11.0. The second-order valence-electron chi connectivity index (χ2n) is 5.51. The maximum atomic E-state index is 11.0. The minimum absolute atomic E-state index is 0.0160. The van der Waals surface area contributed by atoms with Crippen molar-refractivity contribution in [3.63, 3.8) is 0 Å². The molecular formula is C15H13N7O2. The molecule has 0 aliphatic rings. The summed E-state index contributed by atoms with van der Waals surface area (Å²) in [5, 5.41) is 20.5. The maximum Gasteiger partial charge on any atom is 0.309 e. The standard InChI is InChI=1S/C15H13N7O2/c1-9-13(22(23)24)7-20(18-9)10(2)14-17-15-11-5-3-4-6-12(11)16-8-21(15)19-14/h3-8,10H,1-2H3/t10-/m1/s1. The number of nitrogens with zero attached hydrogens (tertiary/aromatic N) is 7. The zero-order chi connectivity index (χ0) is 16.8. The van der Waals surface area contributed by atoms with Crippen molar-refractivity contribution < 1.29 is 4.92 Å². The van der Waals surface area contributed by atoms with Crippen LogP contribution in [0.4, 0.5) is 5.69 Å². The van der Waals surface area contributed by atoms with E-state index in [0.29, 0.717) is 17.2 Å². The van der Waals surface area contributed by atoms with Gasteiger partial charge < -0.3 is 0 Å². The van der Waals surface area contributed by atoms with E-state index in [-0.39, 0.29) is 11.7 Å². The first-order chi connectivity index (χ1) is 11.5. The van der Waals surface area contributed by atoms with Crippen LogP contribution in [0.3, 0.4) is 0 Å². The SMILES string of the molecule is Cc1nn([C@H](C)c2nc3c4ccccc4ncn3n2)cc1[N+](=O)[O-]. The highest BCUT2D eigenvalue weighted by Crippen LogP contribution is 2.23. The molecule has 120 valence electrons. The molecule has 1 atom stereocenters. The Morgan fingerprint density at radius 1 is 1.25 bits per heavy atom. The van der Waals surface area contributed by atoms with Gasteiger partial charge in [-0.1, -0.05) is 12.1 Å². The third-order valence-corrected chi connectivity index (χ3v) is 3.96. The number of hydrogen-bond acceptors (Lipinski definition) is 6. The van der Waals surface area contributed by atoms with Crippen LogP contribution in [-0.4, -0.2) is 34.3 Å². The normalized spacial score (nSPS) is 12.8. The Labute approximate surface area is 135 Å². The Hall–Kier alpha value is -3.36. The van der Waals surface area contributed by atoms with Gasteiger partial charge in [0.05, 0.1) is 10.4 Å². The second-order valence-corrected chi connectivity index (χ2v) is 5.51. The third-order valence-electron chi connectivity index (χ3n) is 3.96. The van der Waals surface area contributed by atoms with Crippen molar-refractivity contribution in [1.82, 2.24) is 29.4 Å². The summed E-state index contributed by atoms with van der Waals surface area (Å²) in [5.41, 5.74) is 1.88. The molecule has 0 aliphatic carbocycles. The van der Waals surface area contributed by atoms with Crippen LogP contribution < -0.4 is 0 Å². The highest BCUT2D eigenvalue weighted by molar-refractivity contribution is 5.90. The number of rotatable bonds is 3. The van der Waals surface area contributed by atoms with Crippen molar-refractivity contribution in [2.24, 2.45) is 0 Å². The summed E-state index contributed by atoms with van der Waals surface area (Å²) in [7, 11) is 0. The van der Waals surface area contributed by atoms with Gasteiger partial charge in [0.25, 0.3) is 0 Å². The molecular weight excluding hydrogens is 310 g/mol. The van der Waals surface area contributed by atoms with Gasteiger partial charge in [-0.05, 0) is 26.0 Å². The van der Waals surface area contributed by atoms with Crippen LogP contribution in [0.25, 0.3) is 16.6 Å². The predicted molar refractivity (Wildman–Crippen MR) is 85.7 cm³/mol. The Morgan fingerprint density at radius 3 is 2.79 bits per heavy atom. The highest BCUT2D eigenvalue weighted by Gasteiger charge is 2.21. The zero-order valence-electron chi connectivity index (χ0n) is 13.0. The average Bonchev–Trinajstić information content (AvgIpc) is 3.18. The molecule has 0 saturated heterocycles. The molecule has 9 nitrogen and oxygen atoms in total. The van der Waals surface area contributed by atoms with Crippen molar-refractivity contribution in [2.45, 2.75) is 19.9 Å². The van der Waals surface area contributed by atoms with Gasteiger partial charge in [-0.25, -0.2) is 14.5 Å². The lowest BCUT2D eigenvalue weighted by Crippen LogP contribution is -2.09. The quantitative estimate of drug-likeness (QED) is 0.423. The van der Waals surface area contributed by atoms with Crippen molar-refractivity contribution in [2.75, 3.05) is 0 Å². The van der Waals surface area contributed by atoms with Gasteiger partial charge in [0, 0.05) is 5.39 Å². The number of nitro groups is 1. The van der Waals surface area contributed by atoms with Gasteiger partial charge in [-0.3, -0.25) is 14.8 Å². The Morgan fingerprint density at radius 2 is 2.04 bits per heavy atom. The number of para-hydroxylation sites is 1. The Kier molecular flexibility index (Phi) is 3.02. The van der Waals surface area contributed by atoms with E-state index >= 15 is 0 Å². The van der Waals surface area contributed by atoms with Crippen LogP contribution in [0.2, 0.25) is 0 Å². The lowest BCUT2D eigenvalue weighted by molar-refractivity contribution is -0.385. The van der Waals surface area contributed by atoms with E-state index in [1.807, 2.05) is 31.2 Å². The predicted octanol–water partition coefficient (Wildman–Crippen LogP) is 2.30. The molecule has 3 aromatic heterocycles. The minimum Gasteiger partial charge on any atom is -0.258 e. The number of hydrogen-bond donors (Lipinski definition) is 0. The van der Waals surface area contributed by atoms with Gasteiger partial charge in [-0.2, -0.15) is 5.10 Å². The summed E-state index contributed by atoms with van der Waals surface area (Å²) in [5.74, 6) is 0.519. The molecule has 4 rings (SSSR count). The summed E-state index contributed by atoms with van der Waals surface area (Å²) in [4.78, 5) is 19.5. The molecule has 9 heteroatoms. The van der Waals surface area contributed by atoms with Crippen LogP contribution in [0.5, 0.6) is 0 Å². The van der Waals surface area contributed by atoms with Crippen LogP contribution in [-0.2, 0) is 0 Å². The summed E-state index contributed by atoms with van der Waals surface area (Å²) in [6, 6.07) is 7.34. The molecule has 0 unspecified atom stereocenters. The van der Waals surface area contributed by atoms with Gasteiger partial charge >= 0.3 is 5.69 Å².